The van der Waals surface area contributed by atoms with Crippen molar-refractivity contribution >= 4 is 5.91 Å². The largest absolute Gasteiger partial charge is 0.383 e. The van der Waals surface area contributed by atoms with Crippen LogP contribution in [0.2, 0.25) is 0 Å². The van der Waals surface area contributed by atoms with Crippen molar-refractivity contribution in [3.05, 3.63) is 41.7 Å². The molecule has 0 aliphatic carbocycles. The van der Waals surface area contributed by atoms with Gasteiger partial charge in [0.2, 0.25) is 5.91 Å². The maximum atomic E-state index is 11.9. The van der Waals surface area contributed by atoms with Crippen LogP contribution in [0.25, 0.3) is 0 Å². The van der Waals surface area contributed by atoms with Gasteiger partial charge in [-0.2, -0.15) is 0 Å². The first-order valence-corrected chi connectivity index (χ1v) is 8.44. The Morgan fingerprint density at radius 2 is 1.96 bits per heavy atom. The van der Waals surface area contributed by atoms with Crippen LogP contribution in [-0.2, 0) is 17.8 Å². The molecule has 0 bridgehead atoms. The first-order chi connectivity index (χ1) is 11.9. The van der Waals surface area contributed by atoms with Gasteiger partial charge in [-0.05, 0) is 35.3 Å². The van der Waals surface area contributed by atoms with Gasteiger partial charge in [-0.15, -0.1) is 5.10 Å². The summed E-state index contributed by atoms with van der Waals surface area (Å²) in [4.78, 5) is 11.9. The van der Waals surface area contributed by atoms with Crippen molar-refractivity contribution < 1.29 is 9.90 Å². The van der Waals surface area contributed by atoms with Crippen LogP contribution < -0.4 is 11.1 Å². The molecule has 1 aromatic heterocycles. The number of aryl methyl sites for hydroxylation is 2. The van der Waals surface area contributed by atoms with Crippen molar-refractivity contribution in [3.63, 3.8) is 0 Å². The predicted molar refractivity (Wildman–Crippen MR) is 93.3 cm³/mol. The number of nitrogens with zero attached hydrogens (tertiary/aromatic N) is 4. The number of carbonyl (C=O) groups is 1. The van der Waals surface area contributed by atoms with E-state index in [2.05, 4.69) is 20.8 Å². The number of aromatic nitrogens is 4. The molecule has 0 saturated carbocycles. The van der Waals surface area contributed by atoms with Crippen LogP contribution in [0.4, 0.5) is 0 Å². The fourth-order valence-corrected chi connectivity index (χ4v) is 2.53. The smallest absolute Gasteiger partial charge is 0.236 e. The molecule has 25 heavy (non-hydrogen) atoms. The topological polar surface area (TPSA) is 119 Å². The third-order valence-electron chi connectivity index (χ3n) is 4.06. The van der Waals surface area contributed by atoms with Crippen LogP contribution in [0, 0.1) is 5.92 Å². The summed E-state index contributed by atoms with van der Waals surface area (Å²) in [6.45, 7) is 5.96. The Morgan fingerprint density at radius 3 is 2.56 bits per heavy atom. The van der Waals surface area contributed by atoms with E-state index in [0.717, 1.165) is 12.0 Å². The highest BCUT2D eigenvalue weighted by Gasteiger charge is 2.30. The van der Waals surface area contributed by atoms with E-state index in [-0.39, 0.29) is 11.8 Å². The van der Waals surface area contributed by atoms with Crippen molar-refractivity contribution in [1.82, 2.24) is 25.5 Å². The average molecular weight is 346 g/mol. The molecule has 0 fully saturated rings. The van der Waals surface area contributed by atoms with Gasteiger partial charge in [0.25, 0.3) is 0 Å². The average Bonchev–Trinajstić information content (AvgIpc) is 3.06. The molecule has 2 rings (SSSR count). The van der Waals surface area contributed by atoms with Gasteiger partial charge in [0, 0.05) is 6.54 Å². The standard InChI is InChI=1S/C17H26N6O2/c1-11(2)14(19-17(25)12(3)18)15(24)16-20-21-22-23(16)10-9-13-7-5-4-6-8-13/h4-8,11-12,14-15,24H,9-10,18H2,1-3H3,(H,19,25)/t12-,14-,15?/m0/s1. The Hall–Kier alpha value is -2.32. The Labute approximate surface area is 147 Å². The number of hydrogen-bond donors (Lipinski definition) is 3. The SMILES string of the molecule is CC(C)[C@H](NC(=O)[C@H](C)N)C(O)c1nnnn1CCc1ccccc1. The number of rotatable bonds is 8. The molecule has 8 heteroatoms. The molecule has 0 spiro atoms. The fourth-order valence-electron chi connectivity index (χ4n) is 2.53. The minimum atomic E-state index is -1.02. The first kappa shape index (κ1) is 19.0. The van der Waals surface area contributed by atoms with Gasteiger partial charge in [0.05, 0.1) is 12.1 Å². The second-order valence-corrected chi connectivity index (χ2v) is 6.51. The van der Waals surface area contributed by atoms with Crippen LogP contribution >= 0.6 is 0 Å². The Morgan fingerprint density at radius 1 is 1.28 bits per heavy atom. The number of nitrogens with two attached hydrogens (primary N) is 1. The van der Waals surface area contributed by atoms with Gasteiger partial charge >= 0.3 is 0 Å². The molecular weight excluding hydrogens is 320 g/mol. The lowest BCUT2D eigenvalue weighted by atomic mass is 9.97. The van der Waals surface area contributed by atoms with E-state index in [1.807, 2.05) is 44.2 Å². The molecule has 0 aliphatic heterocycles. The lowest BCUT2D eigenvalue weighted by molar-refractivity contribution is -0.124. The molecule has 3 atom stereocenters. The van der Waals surface area contributed by atoms with Gasteiger partial charge < -0.3 is 16.2 Å². The molecule has 1 amide bonds. The summed E-state index contributed by atoms with van der Waals surface area (Å²) in [6, 6.07) is 8.79. The van der Waals surface area contributed by atoms with Gasteiger partial charge in [-0.3, -0.25) is 4.79 Å². The number of amides is 1. The molecule has 0 aliphatic rings. The van der Waals surface area contributed by atoms with Crippen molar-refractivity contribution in [2.45, 2.75) is 51.9 Å². The monoisotopic (exact) mass is 346 g/mol. The number of aliphatic hydroxyl groups is 1. The molecule has 4 N–H and O–H groups in total. The molecule has 1 unspecified atom stereocenters. The zero-order valence-corrected chi connectivity index (χ0v) is 14.8. The summed E-state index contributed by atoms with van der Waals surface area (Å²) in [5.41, 5.74) is 6.76. The van der Waals surface area contributed by atoms with Crippen LogP contribution in [0.5, 0.6) is 0 Å². The summed E-state index contributed by atoms with van der Waals surface area (Å²) in [5.74, 6) is -0.00219. The summed E-state index contributed by atoms with van der Waals surface area (Å²) in [5, 5.41) is 25.1. The van der Waals surface area contributed by atoms with Crippen LogP contribution in [-0.4, -0.2) is 43.3 Å². The molecule has 0 radical (unpaired) electrons. The van der Waals surface area contributed by atoms with E-state index in [1.54, 1.807) is 11.6 Å². The van der Waals surface area contributed by atoms with Crippen LogP contribution in [0.3, 0.4) is 0 Å². The van der Waals surface area contributed by atoms with E-state index in [1.165, 1.54) is 0 Å². The normalized spacial score (nSPS) is 15.0. The van der Waals surface area contributed by atoms with Crippen LogP contribution in [0.1, 0.15) is 38.3 Å². The lowest BCUT2D eigenvalue weighted by Crippen LogP contribution is -2.49. The van der Waals surface area contributed by atoms with Gasteiger partial charge in [0.15, 0.2) is 5.82 Å². The second-order valence-electron chi connectivity index (χ2n) is 6.51. The molecule has 1 aromatic carbocycles. The summed E-state index contributed by atoms with van der Waals surface area (Å²) < 4.78 is 1.57. The predicted octanol–water partition coefficient (Wildman–Crippen LogP) is 0.437. The molecule has 0 saturated heterocycles. The maximum Gasteiger partial charge on any atom is 0.236 e. The number of aliphatic hydroxyl groups excluding tert-OH is 1. The Kier molecular flexibility index (Phi) is 6.60. The molecule has 1 heterocycles. The summed E-state index contributed by atoms with van der Waals surface area (Å²) in [7, 11) is 0. The third-order valence-corrected chi connectivity index (χ3v) is 4.06. The van der Waals surface area contributed by atoms with E-state index in [0.29, 0.717) is 12.4 Å². The third kappa shape index (κ3) is 5.07. The van der Waals surface area contributed by atoms with Gasteiger partial charge in [-0.1, -0.05) is 44.2 Å². The highest BCUT2D eigenvalue weighted by Crippen LogP contribution is 2.20. The number of tetrazole rings is 1. The Balaban J connectivity index is 2.11. The minimum Gasteiger partial charge on any atom is -0.383 e. The summed E-state index contributed by atoms with van der Waals surface area (Å²) in [6.07, 6.45) is -0.280. The molecule has 2 aromatic rings. The molecule has 136 valence electrons. The van der Waals surface area contributed by atoms with E-state index in [9.17, 15) is 9.90 Å². The minimum absolute atomic E-state index is 0.0167. The number of nitrogens with one attached hydrogen (secondary N) is 1. The van der Waals surface area contributed by atoms with Crippen molar-refractivity contribution in [1.29, 1.82) is 0 Å². The highest BCUT2D eigenvalue weighted by atomic mass is 16.3. The number of carbonyl (C=O) groups excluding carboxylic acids is 1. The first-order valence-electron chi connectivity index (χ1n) is 8.44. The quantitative estimate of drug-likeness (QED) is 0.638. The van der Waals surface area contributed by atoms with Crippen molar-refractivity contribution in [2.75, 3.05) is 0 Å². The van der Waals surface area contributed by atoms with Gasteiger partial charge in [0.1, 0.15) is 6.10 Å². The van der Waals surface area contributed by atoms with E-state index >= 15 is 0 Å². The van der Waals surface area contributed by atoms with E-state index in [4.69, 9.17) is 5.73 Å². The fraction of sp³-hybridized carbons (Fsp3) is 0.529. The van der Waals surface area contributed by atoms with Crippen molar-refractivity contribution in [3.8, 4) is 0 Å². The Bertz CT molecular complexity index is 671. The van der Waals surface area contributed by atoms with Crippen LogP contribution in [0.15, 0.2) is 30.3 Å². The molecule has 8 nitrogen and oxygen atoms in total. The zero-order chi connectivity index (χ0) is 18.4. The summed E-state index contributed by atoms with van der Waals surface area (Å²) >= 11 is 0. The van der Waals surface area contributed by atoms with Crippen molar-refractivity contribution in [2.24, 2.45) is 11.7 Å². The number of hydrogen-bond acceptors (Lipinski definition) is 6. The molecular formula is C17H26N6O2. The second kappa shape index (κ2) is 8.68. The zero-order valence-electron chi connectivity index (χ0n) is 14.8. The highest BCUT2D eigenvalue weighted by molar-refractivity contribution is 5.81. The maximum absolute atomic E-state index is 11.9. The van der Waals surface area contributed by atoms with Gasteiger partial charge in [-0.25, -0.2) is 4.68 Å². The van der Waals surface area contributed by atoms with E-state index < -0.39 is 18.2 Å². The number of benzene rings is 1. The lowest BCUT2D eigenvalue weighted by Gasteiger charge is -2.27.